The van der Waals surface area contributed by atoms with E-state index < -0.39 is 0 Å². The molecular formula is C18H28N2O. The highest BCUT2D eigenvalue weighted by Crippen LogP contribution is 2.37. The van der Waals surface area contributed by atoms with Gasteiger partial charge in [0.1, 0.15) is 0 Å². The van der Waals surface area contributed by atoms with Crippen molar-refractivity contribution >= 4 is 0 Å². The molecule has 3 rings (SSSR count). The van der Waals surface area contributed by atoms with Crippen LogP contribution in [-0.2, 0) is 11.3 Å². The molecule has 2 aliphatic carbocycles. The Kier molecular flexibility index (Phi) is 4.94. The molecule has 0 amide bonds. The molecule has 116 valence electrons. The lowest BCUT2D eigenvalue weighted by atomic mass is 10.0. The predicted molar refractivity (Wildman–Crippen MR) is 86.0 cm³/mol. The van der Waals surface area contributed by atoms with Crippen LogP contribution in [0.1, 0.15) is 42.9 Å². The van der Waals surface area contributed by atoms with Crippen molar-refractivity contribution in [3.63, 3.8) is 0 Å². The van der Waals surface area contributed by atoms with Crippen LogP contribution >= 0.6 is 0 Å². The molecule has 2 N–H and O–H groups in total. The van der Waals surface area contributed by atoms with Crippen molar-refractivity contribution in [3.8, 4) is 0 Å². The van der Waals surface area contributed by atoms with Gasteiger partial charge < -0.3 is 10.5 Å². The normalized spacial score (nSPS) is 20.0. The number of hydrogen-bond donors (Lipinski definition) is 1. The molecule has 0 aromatic heterocycles. The highest BCUT2D eigenvalue weighted by atomic mass is 16.5. The van der Waals surface area contributed by atoms with E-state index in [9.17, 15) is 0 Å². The van der Waals surface area contributed by atoms with Crippen LogP contribution in [0.2, 0.25) is 0 Å². The van der Waals surface area contributed by atoms with Crippen LogP contribution in [-0.4, -0.2) is 31.6 Å². The molecule has 0 aliphatic heterocycles. The maximum absolute atomic E-state index is 6.15. The van der Waals surface area contributed by atoms with Crippen molar-refractivity contribution in [3.05, 3.63) is 35.4 Å². The molecule has 0 saturated heterocycles. The first-order valence-corrected chi connectivity index (χ1v) is 8.32. The Morgan fingerprint density at radius 1 is 1.19 bits per heavy atom. The third-order valence-electron chi connectivity index (χ3n) is 4.69. The quantitative estimate of drug-likeness (QED) is 0.759. The molecule has 2 aliphatic rings. The van der Waals surface area contributed by atoms with Crippen molar-refractivity contribution in [1.29, 1.82) is 0 Å². The summed E-state index contributed by atoms with van der Waals surface area (Å²) in [5.41, 5.74) is 8.75. The summed E-state index contributed by atoms with van der Waals surface area (Å²) in [7, 11) is 1.75. The second kappa shape index (κ2) is 6.91. The lowest BCUT2D eigenvalue weighted by molar-refractivity contribution is 0.180. The summed E-state index contributed by atoms with van der Waals surface area (Å²) < 4.78 is 5.26. The summed E-state index contributed by atoms with van der Waals surface area (Å²) in [6, 6.07) is 9.13. The summed E-state index contributed by atoms with van der Waals surface area (Å²) in [5, 5.41) is 0. The fourth-order valence-electron chi connectivity index (χ4n) is 3.15. The Balaban J connectivity index is 1.74. The first kappa shape index (κ1) is 15.0. The zero-order valence-electron chi connectivity index (χ0n) is 13.1. The molecule has 2 saturated carbocycles. The third-order valence-corrected chi connectivity index (χ3v) is 4.69. The number of ether oxygens (including phenoxy) is 1. The Morgan fingerprint density at radius 2 is 1.86 bits per heavy atom. The third kappa shape index (κ3) is 4.29. The smallest absolute Gasteiger partial charge is 0.0713 e. The maximum atomic E-state index is 6.15. The fraction of sp³-hybridized carbons (Fsp3) is 0.667. The molecule has 0 radical (unpaired) electrons. The van der Waals surface area contributed by atoms with Gasteiger partial charge in [-0.2, -0.15) is 0 Å². The molecule has 0 heterocycles. The number of hydrogen-bond acceptors (Lipinski definition) is 3. The SMILES string of the molecule is COCc1cccc(C(CN)N(CC2CC2)CC2CC2)c1. The second-order valence-corrected chi connectivity index (χ2v) is 6.77. The predicted octanol–water partition coefficient (Wildman–Crippen LogP) is 2.95. The number of nitrogens with two attached hydrogens (primary N) is 1. The minimum Gasteiger partial charge on any atom is -0.380 e. The highest BCUT2D eigenvalue weighted by Gasteiger charge is 2.32. The van der Waals surface area contributed by atoms with Gasteiger partial charge in [0.05, 0.1) is 6.61 Å². The lowest BCUT2D eigenvalue weighted by Gasteiger charge is -2.31. The Labute approximate surface area is 128 Å². The Morgan fingerprint density at radius 3 is 2.38 bits per heavy atom. The van der Waals surface area contributed by atoms with Gasteiger partial charge in [-0.25, -0.2) is 0 Å². The van der Waals surface area contributed by atoms with Crippen LogP contribution in [0.3, 0.4) is 0 Å². The van der Waals surface area contributed by atoms with Crippen LogP contribution in [0.5, 0.6) is 0 Å². The van der Waals surface area contributed by atoms with Crippen LogP contribution in [0.25, 0.3) is 0 Å². The topological polar surface area (TPSA) is 38.5 Å². The van der Waals surface area contributed by atoms with E-state index in [4.69, 9.17) is 10.5 Å². The first-order valence-electron chi connectivity index (χ1n) is 8.32. The van der Waals surface area contributed by atoms with E-state index in [1.807, 2.05) is 0 Å². The maximum Gasteiger partial charge on any atom is 0.0713 e. The van der Waals surface area contributed by atoms with Crippen LogP contribution in [0.4, 0.5) is 0 Å². The summed E-state index contributed by atoms with van der Waals surface area (Å²) in [6.07, 6.45) is 5.62. The molecule has 1 aromatic carbocycles. The zero-order valence-corrected chi connectivity index (χ0v) is 13.1. The molecular weight excluding hydrogens is 260 g/mol. The lowest BCUT2D eigenvalue weighted by Crippen LogP contribution is -2.36. The average molecular weight is 288 g/mol. The van der Waals surface area contributed by atoms with Crippen molar-refractivity contribution in [2.75, 3.05) is 26.7 Å². The monoisotopic (exact) mass is 288 g/mol. The van der Waals surface area contributed by atoms with E-state index in [0.717, 1.165) is 11.8 Å². The summed E-state index contributed by atoms with van der Waals surface area (Å²) >= 11 is 0. The van der Waals surface area contributed by atoms with Gasteiger partial charge in [-0.15, -0.1) is 0 Å². The number of nitrogens with zero attached hydrogens (tertiary/aromatic N) is 1. The van der Waals surface area contributed by atoms with E-state index in [1.54, 1.807) is 7.11 Å². The fourth-order valence-corrected chi connectivity index (χ4v) is 3.15. The van der Waals surface area contributed by atoms with Crippen molar-refractivity contribution in [2.24, 2.45) is 17.6 Å². The van der Waals surface area contributed by atoms with E-state index in [2.05, 4.69) is 29.2 Å². The van der Waals surface area contributed by atoms with Crippen LogP contribution in [0, 0.1) is 11.8 Å². The van der Waals surface area contributed by atoms with Crippen LogP contribution < -0.4 is 5.73 Å². The van der Waals surface area contributed by atoms with E-state index in [1.165, 1.54) is 49.9 Å². The number of benzene rings is 1. The molecule has 0 bridgehead atoms. The van der Waals surface area contributed by atoms with Gasteiger partial charge in [-0.1, -0.05) is 24.3 Å². The number of rotatable bonds is 9. The van der Waals surface area contributed by atoms with Gasteiger partial charge >= 0.3 is 0 Å². The largest absolute Gasteiger partial charge is 0.380 e. The minimum absolute atomic E-state index is 0.364. The van der Waals surface area contributed by atoms with Gasteiger partial charge in [0.25, 0.3) is 0 Å². The average Bonchev–Trinajstić information content (AvgIpc) is 3.36. The Hall–Kier alpha value is -0.900. The summed E-state index contributed by atoms with van der Waals surface area (Å²) in [6.45, 7) is 3.84. The van der Waals surface area contributed by atoms with Gasteiger partial charge in [0.2, 0.25) is 0 Å². The van der Waals surface area contributed by atoms with Gasteiger partial charge in [0, 0.05) is 32.8 Å². The molecule has 1 atom stereocenters. The first-order chi connectivity index (χ1) is 10.3. The standard InChI is InChI=1S/C18H28N2O/c1-21-13-16-3-2-4-17(9-16)18(10-19)20(11-14-5-6-14)12-15-7-8-15/h2-4,9,14-15,18H,5-8,10-13,19H2,1H3. The molecule has 2 fully saturated rings. The molecule has 3 nitrogen and oxygen atoms in total. The van der Waals surface area contributed by atoms with E-state index in [0.29, 0.717) is 19.2 Å². The van der Waals surface area contributed by atoms with Crippen molar-refractivity contribution in [2.45, 2.75) is 38.3 Å². The van der Waals surface area contributed by atoms with Gasteiger partial charge in [-0.05, 0) is 48.6 Å². The zero-order chi connectivity index (χ0) is 14.7. The molecule has 21 heavy (non-hydrogen) atoms. The summed E-state index contributed by atoms with van der Waals surface area (Å²) in [4.78, 5) is 2.65. The van der Waals surface area contributed by atoms with E-state index >= 15 is 0 Å². The second-order valence-electron chi connectivity index (χ2n) is 6.77. The highest BCUT2D eigenvalue weighted by molar-refractivity contribution is 5.26. The molecule has 1 aromatic rings. The molecule has 0 spiro atoms. The molecule has 3 heteroatoms. The summed E-state index contributed by atoms with van der Waals surface area (Å²) in [5.74, 6) is 1.83. The van der Waals surface area contributed by atoms with Crippen molar-refractivity contribution < 1.29 is 4.74 Å². The molecule has 1 unspecified atom stereocenters. The van der Waals surface area contributed by atoms with Gasteiger partial charge in [-0.3, -0.25) is 4.90 Å². The van der Waals surface area contributed by atoms with Crippen molar-refractivity contribution in [1.82, 2.24) is 4.90 Å². The van der Waals surface area contributed by atoms with Crippen LogP contribution in [0.15, 0.2) is 24.3 Å². The minimum atomic E-state index is 0.364. The van der Waals surface area contributed by atoms with Gasteiger partial charge in [0.15, 0.2) is 0 Å². The number of methoxy groups -OCH3 is 1. The van der Waals surface area contributed by atoms with E-state index in [-0.39, 0.29) is 0 Å². The Bertz CT molecular complexity index is 440.